The fourth-order valence-corrected chi connectivity index (χ4v) is 7.54. The number of hydrogen-bond donors (Lipinski definition) is 0. The smallest absolute Gasteiger partial charge is 0.0702 e. The number of pyridine rings is 1. The van der Waals surface area contributed by atoms with E-state index in [0.717, 1.165) is 16.5 Å². The van der Waals surface area contributed by atoms with Gasteiger partial charge in [-0.1, -0.05) is 115 Å². The SMILES string of the molecule is c1cc(-c2ccc3ccc4c(-c5cnc6ccccc6c5)ccc5ccc2c3c54)cc(-n2c3ccccc3c3ccccc32)c1. The summed E-state index contributed by atoms with van der Waals surface area (Å²) in [7, 11) is 0. The molecule has 0 saturated carbocycles. The molecule has 0 bridgehead atoms. The van der Waals surface area contributed by atoms with Crippen molar-refractivity contribution in [3.8, 4) is 27.9 Å². The summed E-state index contributed by atoms with van der Waals surface area (Å²) in [6.07, 6.45) is 2.01. The van der Waals surface area contributed by atoms with Crippen LogP contribution in [-0.4, -0.2) is 9.55 Å². The van der Waals surface area contributed by atoms with E-state index in [0.29, 0.717) is 0 Å². The highest BCUT2D eigenvalue weighted by atomic mass is 15.0. The van der Waals surface area contributed by atoms with Crippen molar-refractivity contribution in [3.05, 3.63) is 158 Å². The standard InChI is InChI=1S/C43H26N2/c1-4-13-39-30(8-1)24-31(26-44-39)34-21-17-28-18-22-37-33(20-16-27-19-23-38(34)43(28)42(27)37)29-9-7-10-32(25-29)45-40-14-5-2-11-35(40)36-12-3-6-15-41(36)45/h1-26H. The molecule has 0 aliphatic rings. The van der Waals surface area contributed by atoms with Gasteiger partial charge < -0.3 is 4.57 Å². The van der Waals surface area contributed by atoms with E-state index in [1.165, 1.54) is 76.5 Å². The average Bonchev–Trinajstić information content (AvgIpc) is 3.45. The first-order chi connectivity index (χ1) is 22.3. The minimum atomic E-state index is 1.02. The van der Waals surface area contributed by atoms with Crippen molar-refractivity contribution in [2.45, 2.75) is 0 Å². The van der Waals surface area contributed by atoms with Gasteiger partial charge in [0.15, 0.2) is 0 Å². The number of para-hydroxylation sites is 3. The van der Waals surface area contributed by atoms with Gasteiger partial charge in [0.05, 0.1) is 16.6 Å². The first-order valence-corrected chi connectivity index (χ1v) is 15.5. The number of benzene rings is 8. The van der Waals surface area contributed by atoms with Crippen molar-refractivity contribution >= 4 is 65.0 Å². The Balaban J connectivity index is 1.20. The summed E-state index contributed by atoms with van der Waals surface area (Å²) in [4.78, 5) is 4.79. The molecule has 0 unspecified atom stereocenters. The van der Waals surface area contributed by atoms with Crippen molar-refractivity contribution in [1.82, 2.24) is 9.55 Å². The molecule has 0 aliphatic heterocycles. The van der Waals surface area contributed by atoms with Gasteiger partial charge in [-0.2, -0.15) is 0 Å². The Hall–Kier alpha value is -5.99. The van der Waals surface area contributed by atoms with Crippen LogP contribution < -0.4 is 0 Å². The molecule has 2 heteroatoms. The van der Waals surface area contributed by atoms with E-state index < -0.39 is 0 Å². The van der Waals surface area contributed by atoms with Crippen LogP contribution in [0.15, 0.2) is 158 Å². The van der Waals surface area contributed by atoms with Crippen molar-refractivity contribution in [2.75, 3.05) is 0 Å². The molecular formula is C43H26N2. The van der Waals surface area contributed by atoms with Crippen LogP contribution >= 0.6 is 0 Å². The van der Waals surface area contributed by atoms with Gasteiger partial charge in [0.2, 0.25) is 0 Å². The summed E-state index contributed by atoms with van der Waals surface area (Å²) in [6, 6.07) is 55.3. The van der Waals surface area contributed by atoms with Crippen molar-refractivity contribution in [2.24, 2.45) is 0 Å². The lowest BCUT2D eigenvalue weighted by atomic mass is 9.87. The normalized spacial score (nSPS) is 12.0. The summed E-state index contributed by atoms with van der Waals surface area (Å²) >= 11 is 0. The Morgan fingerprint density at radius 1 is 0.400 bits per heavy atom. The van der Waals surface area contributed by atoms with Crippen LogP contribution in [0.3, 0.4) is 0 Å². The topological polar surface area (TPSA) is 17.8 Å². The van der Waals surface area contributed by atoms with Gasteiger partial charge >= 0.3 is 0 Å². The van der Waals surface area contributed by atoms with Crippen molar-refractivity contribution < 1.29 is 0 Å². The van der Waals surface area contributed by atoms with Gasteiger partial charge in [-0.15, -0.1) is 0 Å². The number of aromatic nitrogens is 2. The highest BCUT2D eigenvalue weighted by Gasteiger charge is 2.17. The zero-order chi connectivity index (χ0) is 29.5. The van der Waals surface area contributed by atoms with Crippen LogP contribution in [0.25, 0.3) is 93.0 Å². The number of fused-ring (bicyclic) bond motifs is 4. The van der Waals surface area contributed by atoms with Crippen LogP contribution in [0, 0.1) is 0 Å². The third-order valence-electron chi connectivity index (χ3n) is 9.56. The third-order valence-corrected chi connectivity index (χ3v) is 9.56. The van der Waals surface area contributed by atoms with Crippen LogP contribution in [0.4, 0.5) is 0 Å². The highest BCUT2D eigenvalue weighted by molar-refractivity contribution is 6.27. The van der Waals surface area contributed by atoms with E-state index in [9.17, 15) is 0 Å². The third kappa shape index (κ3) is 3.54. The Morgan fingerprint density at radius 2 is 1.00 bits per heavy atom. The Bertz CT molecular complexity index is 2710. The monoisotopic (exact) mass is 570 g/mol. The molecule has 0 aliphatic carbocycles. The van der Waals surface area contributed by atoms with Gasteiger partial charge in [0, 0.05) is 33.6 Å². The molecular weight excluding hydrogens is 544 g/mol. The number of rotatable bonds is 3. The van der Waals surface area contributed by atoms with Crippen LogP contribution in [-0.2, 0) is 0 Å². The largest absolute Gasteiger partial charge is 0.309 e. The lowest BCUT2D eigenvalue weighted by molar-refractivity contribution is 1.18. The van der Waals surface area contributed by atoms with Gasteiger partial charge in [-0.25, -0.2) is 0 Å². The molecule has 0 radical (unpaired) electrons. The fourth-order valence-electron chi connectivity index (χ4n) is 7.54. The van der Waals surface area contributed by atoms with E-state index in [2.05, 4.69) is 150 Å². The van der Waals surface area contributed by atoms with Gasteiger partial charge in [-0.3, -0.25) is 4.98 Å². The summed E-state index contributed by atoms with van der Waals surface area (Å²) in [5.74, 6) is 0. The molecule has 208 valence electrons. The van der Waals surface area contributed by atoms with Crippen molar-refractivity contribution in [1.29, 1.82) is 0 Å². The van der Waals surface area contributed by atoms with Crippen LogP contribution in [0.5, 0.6) is 0 Å². The maximum absolute atomic E-state index is 4.79. The molecule has 0 spiro atoms. The number of nitrogens with zero attached hydrogens (tertiary/aromatic N) is 2. The highest BCUT2D eigenvalue weighted by Crippen LogP contribution is 2.43. The van der Waals surface area contributed by atoms with Crippen molar-refractivity contribution in [3.63, 3.8) is 0 Å². The second kappa shape index (κ2) is 9.25. The predicted octanol–water partition coefficient (Wildman–Crippen LogP) is 11.6. The summed E-state index contributed by atoms with van der Waals surface area (Å²) in [5, 5.41) is 11.4. The van der Waals surface area contributed by atoms with E-state index in [1.54, 1.807) is 0 Å². The molecule has 0 N–H and O–H groups in total. The molecule has 45 heavy (non-hydrogen) atoms. The minimum absolute atomic E-state index is 1.02. The zero-order valence-corrected chi connectivity index (χ0v) is 24.4. The first kappa shape index (κ1) is 24.5. The Morgan fingerprint density at radius 3 is 1.71 bits per heavy atom. The maximum Gasteiger partial charge on any atom is 0.0702 e. The average molecular weight is 571 g/mol. The Kier molecular flexibility index (Phi) is 5.03. The lowest BCUT2D eigenvalue weighted by Gasteiger charge is -2.17. The molecule has 10 rings (SSSR count). The second-order valence-electron chi connectivity index (χ2n) is 12.0. The maximum atomic E-state index is 4.79. The second-order valence-corrected chi connectivity index (χ2v) is 12.0. The number of hydrogen-bond acceptors (Lipinski definition) is 1. The Labute approximate surface area is 259 Å². The van der Waals surface area contributed by atoms with E-state index in [1.807, 2.05) is 12.3 Å². The molecule has 10 aromatic rings. The molecule has 0 fully saturated rings. The summed E-state index contributed by atoms with van der Waals surface area (Å²) < 4.78 is 2.40. The van der Waals surface area contributed by atoms with Gasteiger partial charge in [0.25, 0.3) is 0 Å². The van der Waals surface area contributed by atoms with Crippen LogP contribution in [0.1, 0.15) is 0 Å². The minimum Gasteiger partial charge on any atom is -0.309 e. The molecule has 0 saturated heterocycles. The molecule has 2 heterocycles. The molecule has 0 atom stereocenters. The molecule has 8 aromatic carbocycles. The van der Waals surface area contributed by atoms with Crippen LogP contribution in [0.2, 0.25) is 0 Å². The predicted molar refractivity (Wildman–Crippen MR) is 191 cm³/mol. The van der Waals surface area contributed by atoms with E-state index in [-0.39, 0.29) is 0 Å². The zero-order valence-electron chi connectivity index (χ0n) is 24.4. The van der Waals surface area contributed by atoms with Gasteiger partial charge in [0.1, 0.15) is 0 Å². The molecule has 2 aromatic heterocycles. The molecule has 0 amide bonds. The fraction of sp³-hybridized carbons (Fsp3) is 0. The first-order valence-electron chi connectivity index (χ1n) is 15.5. The summed E-state index contributed by atoms with van der Waals surface area (Å²) in [6.45, 7) is 0. The summed E-state index contributed by atoms with van der Waals surface area (Å²) in [5.41, 5.74) is 9.46. The van der Waals surface area contributed by atoms with E-state index in [4.69, 9.17) is 4.98 Å². The van der Waals surface area contributed by atoms with Gasteiger partial charge in [-0.05, 0) is 85.4 Å². The molecule has 2 nitrogen and oxygen atoms in total. The van der Waals surface area contributed by atoms with E-state index >= 15 is 0 Å². The lowest BCUT2D eigenvalue weighted by Crippen LogP contribution is -1.94. The quantitative estimate of drug-likeness (QED) is 0.193.